The maximum absolute atomic E-state index is 11.5. The number of carbonyl (C=O) groups excluding carboxylic acids is 2. The summed E-state index contributed by atoms with van der Waals surface area (Å²) in [6.45, 7) is 5.10. The van der Waals surface area contributed by atoms with E-state index >= 15 is 0 Å². The SMILES string of the molecule is C=CCOC(=O)/C(C)=N/Nc1ccc(OC)c(NC=O)c1. The molecule has 0 atom stereocenters. The van der Waals surface area contributed by atoms with Crippen LogP contribution in [0.2, 0.25) is 0 Å². The van der Waals surface area contributed by atoms with Gasteiger partial charge in [-0.2, -0.15) is 5.10 Å². The second-order valence-corrected chi connectivity index (χ2v) is 3.87. The highest BCUT2D eigenvalue weighted by Crippen LogP contribution is 2.27. The van der Waals surface area contributed by atoms with E-state index in [9.17, 15) is 9.59 Å². The molecule has 0 unspecified atom stereocenters. The minimum atomic E-state index is -0.540. The van der Waals surface area contributed by atoms with E-state index in [-0.39, 0.29) is 12.3 Å². The van der Waals surface area contributed by atoms with Crippen molar-refractivity contribution in [1.29, 1.82) is 0 Å². The number of nitrogens with one attached hydrogen (secondary N) is 2. The van der Waals surface area contributed by atoms with Crippen molar-refractivity contribution in [3.05, 3.63) is 30.9 Å². The van der Waals surface area contributed by atoms with Crippen LogP contribution in [0.3, 0.4) is 0 Å². The Hall–Kier alpha value is -2.83. The molecule has 0 aromatic heterocycles. The fourth-order valence-electron chi connectivity index (χ4n) is 1.39. The largest absolute Gasteiger partial charge is 0.495 e. The highest BCUT2D eigenvalue weighted by atomic mass is 16.5. The number of ether oxygens (including phenoxy) is 2. The standard InChI is InChI=1S/C14H17N3O4/c1-4-7-21-14(19)10(2)16-17-11-5-6-13(20-3)12(8-11)15-9-18/h4-6,8-9,17H,1,7H2,2-3H3,(H,15,18)/b16-10+. The van der Waals surface area contributed by atoms with Crippen LogP contribution in [0.25, 0.3) is 0 Å². The predicted molar refractivity (Wildman–Crippen MR) is 80.6 cm³/mol. The van der Waals surface area contributed by atoms with Crippen molar-refractivity contribution in [2.75, 3.05) is 24.5 Å². The van der Waals surface area contributed by atoms with Crippen LogP contribution in [-0.2, 0) is 14.3 Å². The molecule has 1 rings (SSSR count). The molecular formula is C14H17N3O4. The van der Waals surface area contributed by atoms with Crippen LogP contribution in [0.1, 0.15) is 6.92 Å². The molecule has 0 aliphatic rings. The molecule has 0 saturated heterocycles. The molecule has 0 radical (unpaired) electrons. The van der Waals surface area contributed by atoms with Crippen LogP contribution in [0.5, 0.6) is 5.75 Å². The molecule has 0 saturated carbocycles. The van der Waals surface area contributed by atoms with Crippen LogP contribution in [0, 0.1) is 0 Å². The van der Waals surface area contributed by atoms with Crippen molar-refractivity contribution in [1.82, 2.24) is 0 Å². The molecule has 0 aliphatic heterocycles. The molecule has 0 heterocycles. The number of hydrazone groups is 1. The summed E-state index contributed by atoms with van der Waals surface area (Å²) in [7, 11) is 1.50. The van der Waals surface area contributed by atoms with Gasteiger partial charge in [-0.25, -0.2) is 4.79 Å². The Bertz CT molecular complexity index is 555. The molecule has 0 bridgehead atoms. The normalized spacial score (nSPS) is 10.5. The Kier molecular flexibility index (Phi) is 6.46. The molecule has 112 valence electrons. The first-order valence-electron chi connectivity index (χ1n) is 6.09. The maximum atomic E-state index is 11.5. The summed E-state index contributed by atoms with van der Waals surface area (Å²) in [6.07, 6.45) is 2.02. The van der Waals surface area contributed by atoms with Crippen LogP contribution >= 0.6 is 0 Å². The highest BCUT2D eigenvalue weighted by molar-refractivity contribution is 6.35. The van der Waals surface area contributed by atoms with Gasteiger partial charge in [-0.05, 0) is 25.1 Å². The summed E-state index contributed by atoms with van der Waals surface area (Å²) in [6, 6.07) is 4.98. The van der Waals surface area contributed by atoms with E-state index in [4.69, 9.17) is 9.47 Å². The fourth-order valence-corrected chi connectivity index (χ4v) is 1.39. The van der Waals surface area contributed by atoms with E-state index < -0.39 is 5.97 Å². The molecule has 0 aliphatic carbocycles. The molecule has 7 nitrogen and oxygen atoms in total. The lowest BCUT2D eigenvalue weighted by molar-refractivity contribution is -0.134. The summed E-state index contributed by atoms with van der Waals surface area (Å²) < 4.78 is 9.93. The average molecular weight is 291 g/mol. The zero-order chi connectivity index (χ0) is 15.7. The molecule has 21 heavy (non-hydrogen) atoms. The van der Waals surface area contributed by atoms with Crippen molar-refractivity contribution >= 4 is 29.5 Å². The number of esters is 1. The van der Waals surface area contributed by atoms with Crippen molar-refractivity contribution in [3.63, 3.8) is 0 Å². The molecule has 7 heteroatoms. The summed E-state index contributed by atoms with van der Waals surface area (Å²) in [5.41, 5.74) is 3.93. The lowest BCUT2D eigenvalue weighted by Crippen LogP contribution is -2.15. The number of anilines is 2. The second-order valence-electron chi connectivity index (χ2n) is 3.87. The summed E-state index contributed by atoms with van der Waals surface area (Å²) in [5.74, 6) is -0.0269. The molecule has 1 aromatic carbocycles. The Morgan fingerprint density at radius 3 is 2.86 bits per heavy atom. The third kappa shape index (κ3) is 4.98. The van der Waals surface area contributed by atoms with Crippen LogP contribution in [0.4, 0.5) is 11.4 Å². The smallest absolute Gasteiger partial charge is 0.354 e. The monoisotopic (exact) mass is 291 g/mol. The maximum Gasteiger partial charge on any atom is 0.354 e. The van der Waals surface area contributed by atoms with Gasteiger partial charge in [-0.3, -0.25) is 10.2 Å². The minimum Gasteiger partial charge on any atom is -0.495 e. The molecule has 0 fully saturated rings. The van der Waals surface area contributed by atoms with Gasteiger partial charge in [0, 0.05) is 0 Å². The fraction of sp³-hybridized carbons (Fsp3) is 0.214. The summed E-state index contributed by atoms with van der Waals surface area (Å²) >= 11 is 0. The van der Waals surface area contributed by atoms with Gasteiger partial charge in [-0.15, -0.1) is 0 Å². The van der Waals surface area contributed by atoms with Crippen molar-refractivity contribution < 1.29 is 19.1 Å². The van der Waals surface area contributed by atoms with Crippen molar-refractivity contribution in [3.8, 4) is 5.75 Å². The number of benzene rings is 1. The number of hydrogen-bond donors (Lipinski definition) is 2. The predicted octanol–water partition coefficient (Wildman–Crippen LogP) is 1.78. The first-order chi connectivity index (χ1) is 10.1. The van der Waals surface area contributed by atoms with E-state index in [0.29, 0.717) is 23.5 Å². The first-order valence-corrected chi connectivity index (χ1v) is 6.09. The van der Waals surface area contributed by atoms with Gasteiger partial charge < -0.3 is 14.8 Å². The Balaban J connectivity index is 2.78. The molecular weight excluding hydrogens is 274 g/mol. The van der Waals surface area contributed by atoms with Gasteiger partial charge in [0.15, 0.2) is 0 Å². The third-order valence-corrected chi connectivity index (χ3v) is 2.39. The third-order valence-electron chi connectivity index (χ3n) is 2.39. The van der Waals surface area contributed by atoms with E-state index in [1.807, 2.05) is 0 Å². The average Bonchev–Trinajstić information content (AvgIpc) is 2.50. The zero-order valence-electron chi connectivity index (χ0n) is 11.9. The van der Waals surface area contributed by atoms with Gasteiger partial charge in [-0.1, -0.05) is 12.7 Å². The Labute approximate surface area is 122 Å². The van der Waals surface area contributed by atoms with Gasteiger partial charge in [0.2, 0.25) is 6.41 Å². The second kappa shape index (κ2) is 8.36. The zero-order valence-corrected chi connectivity index (χ0v) is 11.9. The molecule has 1 aromatic rings. The number of methoxy groups -OCH3 is 1. The van der Waals surface area contributed by atoms with Crippen molar-refractivity contribution in [2.24, 2.45) is 5.10 Å². The molecule has 1 amide bonds. The van der Waals surface area contributed by atoms with Crippen LogP contribution in [-0.4, -0.2) is 31.8 Å². The van der Waals surface area contributed by atoms with Gasteiger partial charge in [0.1, 0.15) is 18.1 Å². The number of hydrogen-bond acceptors (Lipinski definition) is 6. The summed E-state index contributed by atoms with van der Waals surface area (Å²) in [5, 5.41) is 6.41. The van der Waals surface area contributed by atoms with Crippen molar-refractivity contribution in [2.45, 2.75) is 6.92 Å². The Morgan fingerprint density at radius 2 is 2.24 bits per heavy atom. The van der Waals surface area contributed by atoms with E-state index in [1.165, 1.54) is 20.1 Å². The number of carbonyl (C=O) groups is 2. The number of rotatable bonds is 8. The first kappa shape index (κ1) is 16.2. The van der Waals surface area contributed by atoms with E-state index in [0.717, 1.165) is 0 Å². The van der Waals surface area contributed by atoms with Gasteiger partial charge in [0.05, 0.1) is 18.5 Å². The number of amides is 1. The Morgan fingerprint density at radius 1 is 1.48 bits per heavy atom. The van der Waals surface area contributed by atoms with Gasteiger partial charge in [0.25, 0.3) is 0 Å². The van der Waals surface area contributed by atoms with Gasteiger partial charge >= 0.3 is 5.97 Å². The summed E-state index contributed by atoms with van der Waals surface area (Å²) in [4.78, 5) is 22.0. The van der Waals surface area contributed by atoms with Crippen LogP contribution < -0.4 is 15.5 Å². The highest BCUT2D eigenvalue weighted by Gasteiger charge is 2.07. The topological polar surface area (TPSA) is 89.0 Å². The lowest BCUT2D eigenvalue weighted by atomic mass is 10.2. The van der Waals surface area contributed by atoms with Crippen LogP contribution in [0.15, 0.2) is 36.0 Å². The number of nitrogens with zero attached hydrogens (tertiary/aromatic N) is 1. The minimum absolute atomic E-state index is 0.127. The molecule has 0 spiro atoms. The van der Waals surface area contributed by atoms with E-state index in [2.05, 4.69) is 22.4 Å². The lowest BCUT2D eigenvalue weighted by Gasteiger charge is -2.09. The van der Waals surface area contributed by atoms with E-state index in [1.54, 1.807) is 18.2 Å². The quantitative estimate of drug-likeness (QED) is 0.250. The molecule has 2 N–H and O–H groups in total.